The summed E-state index contributed by atoms with van der Waals surface area (Å²) in [6.07, 6.45) is 9.83. The van der Waals surface area contributed by atoms with E-state index in [1.165, 1.54) is 32.1 Å². The minimum Gasteiger partial charge on any atom is -0.393 e. The first kappa shape index (κ1) is 13.3. The second-order valence-corrected chi connectivity index (χ2v) is 5.82. The van der Waals surface area contributed by atoms with Crippen molar-refractivity contribution in [2.75, 3.05) is 13.7 Å². The molecule has 3 nitrogen and oxygen atoms in total. The monoisotopic (exact) mass is 241 g/mol. The zero-order valence-corrected chi connectivity index (χ0v) is 11.0. The Morgan fingerprint density at radius 3 is 2.71 bits per heavy atom. The molecule has 2 N–H and O–H groups in total. The lowest BCUT2D eigenvalue weighted by Gasteiger charge is -2.32. The van der Waals surface area contributed by atoms with E-state index in [-0.39, 0.29) is 6.10 Å². The van der Waals surface area contributed by atoms with Gasteiger partial charge in [0.2, 0.25) is 0 Å². The van der Waals surface area contributed by atoms with Gasteiger partial charge in [-0.1, -0.05) is 6.42 Å². The number of aliphatic hydroxyl groups is 1. The lowest BCUT2D eigenvalue weighted by Crippen LogP contribution is -2.40. The number of rotatable bonds is 4. The highest BCUT2D eigenvalue weighted by molar-refractivity contribution is 4.81. The number of nitrogens with one attached hydrogen (secondary N) is 1. The van der Waals surface area contributed by atoms with Gasteiger partial charge in [-0.15, -0.1) is 0 Å². The quantitative estimate of drug-likeness (QED) is 0.792. The summed E-state index contributed by atoms with van der Waals surface area (Å²) in [7, 11) is 1.82. The van der Waals surface area contributed by atoms with Crippen molar-refractivity contribution < 1.29 is 9.84 Å². The molecule has 0 aliphatic heterocycles. The molecule has 17 heavy (non-hydrogen) atoms. The van der Waals surface area contributed by atoms with E-state index in [0.29, 0.717) is 18.1 Å². The Morgan fingerprint density at radius 1 is 1.12 bits per heavy atom. The van der Waals surface area contributed by atoms with Gasteiger partial charge in [0.15, 0.2) is 0 Å². The van der Waals surface area contributed by atoms with Gasteiger partial charge in [-0.2, -0.15) is 0 Å². The van der Waals surface area contributed by atoms with Gasteiger partial charge in [-0.3, -0.25) is 0 Å². The van der Waals surface area contributed by atoms with Gasteiger partial charge in [0.05, 0.1) is 12.2 Å². The largest absolute Gasteiger partial charge is 0.393 e. The molecule has 2 rings (SSSR count). The van der Waals surface area contributed by atoms with Gasteiger partial charge in [0, 0.05) is 13.2 Å². The van der Waals surface area contributed by atoms with Crippen molar-refractivity contribution >= 4 is 0 Å². The SMILES string of the molecule is COC1CCCC(NCC2CCCC(O)C2)C1. The van der Waals surface area contributed by atoms with Gasteiger partial charge in [0.1, 0.15) is 0 Å². The minimum absolute atomic E-state index is 0.0476. The Balaban J connectivity index is 1.66. The summed E-state index contributed by atoms with van der Waals surface area (Å²) in [5, 5.41) is 13.3. The standard InChI is InChI=1S/C14H27NO2/c1-17-14-7-3-5-12(9-14)15-10-11-4-2-6-13(16)8-11/h11-16H,2-10H2,1H3. The molecule has 0 aromatic heterocycles. The first-order valence-corrected chi connectivity index (χ1v) is 7.22. The van der Waals surface area contributed by atoms with E-state index in [4.69, 9.17) is 4.74 Å². The summed E-state index contributed by atoms with van der Waals surface area (Å²) in [6.45, 7) is 1.08. The molecule has 2 aliphatic rings. The summed E-state index contributed by atoms with van der Waals surface area (Å²) >= 11 is 0. The molecular formula is C14H27NO2. The van der Waals surface area contributed by atoms with Crippen molar-refractivity contribution in [3.05, 3.63) is 0 Å². The Hall–Kier alpha value is -0.120. The second-order valence-electron chi connectivity index (χ2n) is 5.82. The van der Waals surface area contributed by atoms with Crippen LogP contribution in [0.15, 0.2) is 0 Å². The molecule has 2 saturated carbocycles. The fourth-order valence-corrected chi connectivity index (χ4v) is 3.33. The summed E-state index contributed by atoms with van der Waals surface area (Å²) < 4.78 is 5.45. The molecule has 3 heteroatoms. The highest BCUT2D eigenvalue weighted by Crippen LogP contribution is 2.25. The molecule has 0 amide bonds. The van der Waals surface area contributed by atoms with Crippen LogP contribution in [0.3, 0.4) is 0 Å². The van der Waals surface area contributed by atoms with Crippen molar-refractivity contribution in [2.24, 2.45) is 5.92 Å². The fraction of sp³-hybridized carbons (Fsp3) is 1.00. The number of ether oxygens (including phenoxy) is 1. The zero-order chi connectivity index (χ0) is 12.1. The number of aliphatic hydroxyl groups excluding tert-OH is 1. The third kappa shape index (κ3) is 4.23. The molecule has 0 aromatic rings. The summed E-state index contributed by atoms with van der Waals surface area (Å²) in [5.74, 6) is 0.682. The summed E-state index contributed by atoms with van der Waals surface area (Å²) in [4.78, 5) is 0. The molecule has 0 bridgehead atoms. The van der Waals surface area contributed by atoms with Crippen LogP contribution < -0.4 is 5.32 Å². The maximum absolute atomic E-state index is 9.65. The average Bonchev–Trinajstić information content (AvgIpc) is 2.37. The Bertz CT molecular complexity index is 222. The summed E-state index contributed by atoms with van der Waals surface area (Å²) in [6, 6.07) is 0.632. The predicted octanol–water partition coefficient (Wildman–Crippen LogP) is 2.08. The van der Waals surface area contributed by atoms with Crippen molar-refractivity contribution in [3.8, 4) is 0 Å². The Labute approximate surface area is 105 Å². The van der Waals surface area contributed by atoms with Crippen molar-refractivity contribution in [1.29, 1.82) is 0 Å². The van der Waals surface area contributed by atoms with Crippen molar-refractivity contribution in [3.63, 3.8) is 0 Å². The average molecular weight is 241 g/mol. The van der Waals surface area contributed by atoms with Crippen LogP contribution in [0.5, 0.6) is 0 Å². The molecule has 4 atom stereocenters. The molecule has 0 radical (unpaired) electrons. The third-order valence-electron chi connectivity index (χ3n) is 4.41. The summed E-state index contributed by atoms with van der Waals surface area (Å²) in [5.41, 5.74) is 0. The first-order valence-electron chi connectivity index (χ1n) is 7.22. The molecule has 2 fully saturated rings. The normalized spacial score (nSPS) is 39.2. The van der Waals surface area contributed by atoms with Crippen LogP contribution in [-0.2, 0) is 4.74 Å². The number of methoxy groups -OCH3 is 1. The minimum atomic E-state index is -0.0476. The zero-order valence-electron chi connectivity index (χ0n) is 11.0. The van der Waals surface area contributed by atoms with E-state index in [0.717, 1.165) is 25.8 Å². The predicted molar refractivity (Wildman–Crippen MR) is 69.0 cm³/mol. The van der Waals surface area contributed by atoms with Gasteiger partial charge >= 0.3 is 0 Å². The lowest BCUT2D eigenvalue weighted by atomic mass is 9.86. The van der Waals surface area contributed by atoms with Gasteiger partial charge in [-0.25, -0.2) is 0 Å². The van der Waals surface area contributed by atoms with E-state index < -0.39 is 0 Å². The smallest absolute Gasteiger partial charge is 0.0586 e. The van der Waals surface area contributed by atoms with Crippen LogP contribution in [0.4, 0.5) is 0 Å². The van der Waals surface area contributed by atoms with E-state index in [9.17, 15) is 5.11 Å². The van der Waals surface area contributed by atoms with E-state index in [1.807, 2.05) is 7.11 Å². The number of hydrogen-bond acceptors (Lipinski definition) is 3. The van der Waals surface area contributed by atoms with Crippen LogP contribution in [0.2, 0.25) is 0 Å². The van der Waals surface area contributed by atoms with Gasteiger partial charge in [-0.05, 0) is 57.4 Å². The van der Waals surface area contributed by atoms with Gasteiger partial charge < -0.3 is 15.2 Å². The molecule has 2 aliphatic carbocycles. The van der Waals surface area contributed by atoms with Crippen molar-refractivity contribution in [1.82, 2.24) is 5.32 Å². The number of hydrogen-bond donors (Lipinski definition) is 2. The molecule has 0 aromatic carbocycles. The fourth-order valence-electron chi connectivity index (χ4n) is 3.33. The van der Waals surface area contributed by atoms with E-state index in [2.05, 4.69) is 5.32 Å². The molecule has 0 heterocycles. The van der Waals surface area contributed by atoms with Crippen LogP contribution in [0.1, 0.15) is 51.4 Å². The van der Waals surface area contributed by atoms with Crippen molar-refractivity contribution in [2.45, 2.75) is 69.6 Å². The van der Waals surface area contributed by atoms with Gasteiger partial charge in [0.25, 0.3) is 0 Å². The molecule has 100 valence electrons. The lowest BCUT2D eigenvalue weighted by molar-refractivity contribution is 0.0557. The maximum atomic E-state index is 9.65. The van der Waals surface area contributed by atoms with Crippen LogP contribution >= 0.6 is 0 Å². The maximum Gasteiger partial charge on any atom is 0.0586 e. The third-order valence-corrected chi connectivity index (χ3v) is 4.41. The highest BCUT2D eigenvalue weighted by atomic mass is 16.5. The Kier molecular flexibility index (Phi) is 5.26. The molecular weight excluding hydrogens is 214 g/mol. The van der Waals surface area contributed by atoms with E-state index >= 15 is 0 Å². The molecule has 4 unspecified atom stereocenters. The Morgan fingerprint density at radius 2 is 1.94 bits per heavy atom. The van der Waals surface area contributed by atoms with E-state index in [1.54, 1.807) is 0 Å². The topological polar surface area (TPSA) is 41.5 Å². The molecule has 0 saturated heterocycles. The molecule has 0 spiro atoms. The highest BCUT2D eigenvalue weighted by Gasteiger charge is 2.24. The first-order chi connectivity index (χ1) is 8.28. The van der Waals surface area contributed by atoms with Crippen LogP contribution in [0.25, 0.3) is 0 Å². The van der Waals surface area contributed by atoms with Crippen LogP contribution in [0, 0.1) is 5.92 Å². The second kappa shape index (κ2) is 6.72. The van der Waals surface area contributed by atoms with Crippen LogP contribution in [-0.4, -0.2) is 37.0 Å².